The predicted molar refractivity (Wildman–Crippen MR) is 87.9 cm³/mol. The van der Waals surface area contributed by atoms with Crippen molar-refractivity contribution in [1.82, 2.24) is 14.7 Å². The van der Waals surface area contributed by atoms with E-state index in [1.165, 1.54) is 6.07 Å². The van der Waals surface area contributed by atoms with Gasteiger partial charge in [0.1, 0.15) is 11.6 Å². The minimum atomic E-state index is -3.62. The zero-order valence-electron chi connectivity index (χ0n) is 12.8. The first-order valence-electron chi connectivity index (χ1n) is 7.07. The van der Waals surface area contributed by atoms with Gasteiger partial charge in [0.2, 0.25) is 10.0 Å². The average Bonchev–Trinajstić information content (AvgIpc) is 2.95. The van der Waals surface area contributed by atoms with Gasteiger partial charge in [-0.05, 0) is 42.8 Å². The Balaban J connectivity index is 1.81. The van der Waals surface area contributed by atoms with Gasteiger partial charge in [-0.15, -0.1) is 0 Å². The maximum atomic E-state index is 12.4. The van der Waals surface area contributed by atoms with E-state index in [0.717, 1.165) is 11.0 Å². The first-order valence-corrected chi connectivity index (χ1v) is 8.56. The standard InChI is InChI=1S/C16H17N3O3S/c1-11-9-12(22-2)7-8-15(11)23(20,21)17-10-16-18-13-5-3-4-6-14(13)19-16/h3-9,17H,10H2,1-2H3,(H,18,19). The molecule has 3 aromatic rings. The third kappa shape index (κ3) is 3.20. The lowest BCUT2D eigenvalue weighted by Crippen LogP contribution is -2.24. The van der Waals surface area contributed by atoms with E-state index in [2.05, 4.69) is 14.7 Å². The highest BCUT2D eigenvalue weighted by Crippen LogP contribution is 2.21. The Labute approximate surface area is 134 Å². The highest BCUT2D eigenvalue weighted by atomic mass is 32.2. The molecule has 0 aliphatic rings. The van der Waals surface area contributed by atoms with Gasteiger partial charge in [-0.3, -0.25) is 0 Å². The van der Waals surface area contributed by atoms with E-state index in [1.807, 2.05) is 24.3 Å². The van der Waals surface area contributed by atoms with Crippen LogP contribution in [-0.4, -0.2) is 25.5 Å². The van der Waals surface area contributed by atoms with E-state index in [4.69, 9.17) is 4.74 Å². The summed E-state index contributed by atoms with van der Waals surface area (Å²) >= 11 is 0. The maximum absolute atomic E-state index is 12.4. The van der Waals surface area contributed by atoms with Crippen molar-refractivity contribution in [2.75, 3.05) is 7.11 Å². The number of aromatic amines is 1. The summed E-state index contributed by atoms with van der Waals surface area (Å²) in [7, 11) is -2.07. The van der Waals surface area contributed by atoms with E-state index >= 15 is 0 Å². The molecule has 0 bridgehead atoms. The van der Waals surface area contributed by atoms with Crippen LogP contribution in [0.25, 0.3) is 11.0 Å². The first kappa shape index (κ1) is 15.5. The van der Waals surface area contributed by atoms with Crippen molar-refractivity contribution in [3.05, 3.63) is 53.9 Å². The lowest BCUT2D eigenvalue weighted by molar-refractivity contribution is 0.414. The molecule has 0 aliphatic carbocycles. The van der Waals surface area contributed by atoms with Gasteiger partial charge in [0.25, 0.3) is 0 Å². The quantitative estimate of drug-likeness (QED) is 0.752. The van der Waals surface area contributed by atoms with Gasteiger partial charge in [0.15, 0.2) is 0 Å². The minimum Gasteiger partial charge on any atom is -0.497 e. The molecule has 6 nitrogen and oxygen atoms in total. The zero-order chi connectivity index (χ0) is 16.4. The number of hydrogen-bond donors (Lipinski definition) is 2. The van der Waals surface area contributed by atoms with Crippen molar-refractivity contribution < 1.29 is 13.2 Å². The second-order valence-corrected chi connectivity index (χ2v) is 6.89. The van der Waals surface area contributed by atoms with Crippen LogP contribution in [0.4, 0.5) is 0 Å². The fraction of sp³-hybridized carbons (Fsp3) is 0.188. The largest absolute Gasteiger partial charge is 0.497 e. The number of para-hydroxylation sites is 2. The minimum absolute atomic E-state index is 0.0997. The first-order chi connectivity index (χ1) is 11.0. The summed E-state index contributed by atoms with van der Waals surface area (Å²) in [6, 6.07) is 12.4. The van der Waals surface area contributed by atoms with Crippen molar-refractivity contribution in [3.63, 3.8) is 0 Å². The van der Waals surface area contributed by atoms with Crippen molar-refractivity contribution in [1.29, 1.82) is 0 Å². The monoisotopic (exact) mass is 331 g/mol. The number of nitrogens with zero attached hydrogens (tertiary/aromatic N) is 1. The van der Waals surface area contributed by atoms with Crippen LogP contribution in [-0.2, 0) is 16.6 Å². The third-order valence-electron chi connectivity index (χ3n) is 3.54. The van der Waals surface area contributed by atoms with Crippen LogP contribution >= 0.6 is 0 Å². The van der Waals surface area contributed by atoms with Crippen LogP contribution in [0.15, 0.2) is 47.4 Å². The summed E-state index contributed by atoms with van der Waals surface area (Å²) < 4.78 is 32.6. The maximum Gasteiger partial charge on any atom is 0.241 e. The van der Waals surface area contributed by atoms with Crippen LogP contribution in [0.5, 0.6) is 5.75 Å². The molecular formula is C16H17N3O3S. The molecule has 0 aliphatic heterocycles. The van der Waals surface area contributed by atoms with Gasteiger partial charge in [-0.1, -0.05) is 12.1 Å². The smallest absolute Gasteiger partial charge is 0.241 e. The molecule has 0 atom stereocenters. The molecule has 2 aromatic carbocycles. The number of fused-ring (bicyclic) bond motifs is 1. The lowest BCUT2D eigenvalue weighted by Gasteiger charge is -2.09. The van der Waals surface area contributed by atoms with Crippen LogP contribution < -0.4 is 9.46 Å². The molecule has 1 aromatic heterocycles. The Kier molecular flexibility index (Phi) is 4.06. The number of nitrogens with one attached hydrogen (secondary N) is 2. The number of ether oxygens (including phenoxy) is 1. The topological polar surface area (TPSA) is 84.1 Å². The van der Waals surface area contributed by atoms with Crippen LogP contribution in [0.2, 0.25) is 0 Å². The molecule has 2 N–H and O–H groups in total. The van der Waals surface area contributed by atoms with Crippen molar-refractivity contribution >= 4 is 21.1 Å². The second kappa shape index (κ2) is 6.02. The van der Waals surface area contributed by atoms with Crippen molar-refractivity contribution in [2.24, 2.45) is 0 Å². The Morgan fingerprint density at radius 1 is 1.22 bits per heavy atom. The number of rotatable bonds is 5. The van der Waals surface area contributed by atoms with E-state index < -0.39 is 10.0 Å². The number of methoxy groups -OCH3 is 1. The van der Waals surface area contributed by atoms with Crippen LogP contribution in [0.3, 0.4) is 0 Å². The Bertz CT molecular complexity index is 915. The summed E-state index contributed by atoms with van der Waals surface area (Å²) in [5.74, 6) is 1.19. The van der Waals surface area contributed by atoms with E-state index in [9.17, 15) is 8.42 Å². The molecule has 1 heterocycles. The number of imidazole rings is 1. The summed E-state index contributed by atoms with van der Waals surface area (Å²) in [4.78, 5) is 7.68. The third-order valence-corrected chi connectivity index (χ3v) is 5.10. The highest BCUT2D eigenvalue weighted by molar-refractivity contribution is 7.89. The predicted octanol–water partition coefficient (Wildman–Crippen LogP) is 2.36. The molecule has 0 radical (unpaired) electrons. The van der Waals surface area contributed by atoms with E-state index in [-0.39, 0.29) is 11.4 Å². The SMILES string of the molecule is COc1ccc(S(=O)(=O)NCc2nc3ccccc3[nH]2)c(C)c1. The van der Waals surface area contributed by atoms with Gasteiger partial charge in [-0.25, -0.2) is 18.1 Å². The van der Waals surface area contributed by atoms with Crippen LogP contribution in [0, 0.1) is 6.92 Å². The second-order valence-electron chi connectivity index (χ2n) is 5.16. The summed E-state index contributed by atoms with van der Waals surface area (Å²) in [5.41, 5.74) is 2.31. The number of H-pyrrole nitrogens is 1. The number of benzene rings is 2. The summed E-state index contributed by atoms with van der Waals surface area (Å²) in [5, 5.41) is 0. The van der Waals surface area contributed by atoms with E-state index in [1.54, 1.807) is 26.2 Å². The van der Waals surface area contributed by atoms with Crippen molar-refractivity contribution in [3.8, 4) is 5.75 Å². The molecule has 0 fully saturated rings. The van der Waals surface area contributed by atoms with Crippen LogP contribution in [0.1, 0.15) is 11.4 Å². The molecule has 0 unspecified atom stereocenters. The van der Waals surface area contributed by atoms with Gasteiger partial charge in [0, 0.05) is 0 Å². The average molecular weight is 331 g/mol. The molecular weight excluding hydrogens is 314 g/mol. The molecule has 23 heavy (non-hydrogen) atoms. The zero-order valence-corrected chi connectivity index (χ0v) is 13.6. The highest BCUT2D eigenvalue weighted by Gasteiger charge is 2.17. The van der Waals surface area contributed by atoms with Gasteiger partial charge < -0.3 is 9.72 Å². The normalized spacial score (nSPS) is 11.7. The molecule has 0 saturated carbocycles. The van der Waals surface area contributed by atoms with Gasteiger partial charge in [0.05, 0.1) is 29.6 Å². The molecule has 7 heteroatoms. The molecule has 120 valence electrons. The van der Waals surface area contributed by atoms with Gasteiger partial charge in [-0.2, -0.15) is 0 Å². The fourth-order valence-electron chi connectivity index (χ4n) is 2.38. The Hall–Kier alpha value is -2.38. The Morgan fingerprint density at radius 2 is 2.00 bits per heavy atom. The Morgan fingerprint density at radius 3 is 2.70 bits per heavy atom. The fourth-order valence-corrected chi connectivity index (χ4v) is 3.59. The van der Waals surface area contributed by atoms with E-state index in [0.29, 0.717) is 17.1 Å². The number of aryl methyl sites for hydroxylation is 1. The number of aromatic nitrogens is 2. The van der Waals surface area contributed by atoms with Crippen molar-refractivity contribution in [2.45, 2.75) is 18.4 Å². The molecule has 0 saturated heterocycles. The molecule has 0 spiro atoms. The molecule has 0 amide bonds. The lowest BCUT2D eigenvalue weighted by atomic mass is 10.2. The molecule has 3 rings (SSSR count). The summed E-state index contributed by atoms with van der Waals surface area (Å²) in [6.45, 7) is 1.83. The summed E-state index contributed by atoms with van der Waals surface area (Å²) in [6.07, 6.45) is 0. The van der Waals surface area contributed by atoms with Gasteiger partial charge >= 0.3 is 0 Å². The number of hydrogen-bond acceptors (Lipinski definition) is 4. The number of sulfonamides is 1.